The van der Waals surface area contributed by atoms with Crippen molar-refractivity contribution in [2.24, 2.45) is 0 Å². The van der Waals surface area contributed by atoms with E-state index in [4.69, 9.17) is 4.74 Å². The average molecular weight is 240 g/mol. The zero-order valence-corrected chi connectivity index (χ0v) is 11.1. The van der Waals surface area contributed by atoms with Crippen molar-refractivity contribution in [3.63, 3.8) is 0 Å². The van der Waals surface area contributed by atoms with Gasteiger partial charge >= 0.3 is 5.97 Å². The first kappa shape index (κ1) is 13.2. The first-order chi connectivity index (χ1) is 7.70. The van der Waals surface area contributed by atoms with Crippen LogP contribution in [0.15, 0.2) is 11.4 Å². The second-order valence-corrected chi connectivity index (χ2v) is 4.88. The Morgan fingerprint density at radius 1 is 1.50 bits per heavy atom. The highest BCUT2D eigenvalue weighted by atomic mass is 32.1. The topological polar surface area (TPSA) is 26.3 Å². The van der Waals surface area contributed by atoms with Crippen LogP contribution in [0.5, 0.6) is 0 Å². The van der Waals surface area contributed by atoms with Crippen LogP contribution < -0.4 is 0 Å². The highest BCUT2D eigenvalue weighted by molar-refractivity contribution is 7.12. The Hall–Kier alpha value is -0.830. The van der Waals surface area contributed by atoms with E-state index in [1.807, 2.05) is 12.3 Å². The molecule has 2 nitrogen and oxygen atoms in total. The van der Waals surface area contributed by atoms with Gasteiger partial charge in [-0.1, -0.05) is 26.7 Å². The molecule has 0 saturated carbocycles. The monoisotopic (exact) mass is 240 g/mol. The molecule has 1 aromatic rings. The number of esters is 1. The number of hydrogen-bond donors (Lipinski definition) is 0. The highest BCUT2D eigenvalue weighted by Gasteiger charge is 2.18. The minimum Gasteiger partial charge on any atom is -0.462 e. The number of ether oxygens (including phenoxy) is 1. The molecule has 0 saturated heterocycles. The molecule has 0 aliphatic rings. The molecule has 1 atom stereocenters. The lowest BCUT2D eigenvalue weighted by Crippen LogP contribution is -2.06. The van der Waals surface area contributed by atoms with E-state index in [2.05, 4.69) is 19.9 Å². The molecule has 90 valence electrons. The van der Waals surface area contributed by atoms with Gasteiger partial charge in [-0.3, -0.25) is 0 Å². The lowest BCUT2D eigenvalue weighted by molar-refractivity contribution is 0.0530. The van der Waals surface area contributed by atoms with Crippen molar-refractivity contribution in [3.05, 3.63) is 21.9 Å². The van der Waals surface area contributed by atoms with Crippen molar-refractivity contribution >= 4 is 17.3 Å². The molecule has 1 heterocycles. The van der Waals surface area contributed by atoms with Gasteiger partial charge in [-0.05, 0) is 36.3 Å². The molecule has 0 amide bonds. The minimum absolute atomic E-state index is 0.171. The normalized spacial score (nSPS) is 12.4. The van der Waals surface area contributed by atoms with E-state index in [0.29, 0.717) is 12.5 Å². The average Bonchev–Trinajstić information content (AvgIpc) is 2.75. The third-order valence-electron chi connectivity index (χ3n) is 2.68. The molecule has 3 heteroatoms. The summed E-state index contributed by atoms with van der Waals surface area (Å²) in [5.74, 6) is 0.279. The summed E-state index contributed by atoms with van der Waals surface area (Å²) >= 11 is 1.48. The van der Waals surface area contributed by atoms with Crippen molar-refractivity contribution in [3.8, 4) is 0 Å². The van der Waals surface area contributed by atoms with Crippen LogP contribution in [0.4, 0.5) is 0 Å². The van der Waals surface area contributed by atoms with Gasteiger partial charge in [0.2, 0.25) is 0 Å². The third-order valence-corrected chi connectivity index (χ3v) is 3.59. The molecular formula is C13H20O2S. The molecule has 1 aromatic heterocycles. The van der Waals surface area contributed by atoms with E-state index >= 15 is 0 Å². The lowest BCUT2D eigenvalue weighted by Gasteiger charge is -2.11. The van der Waals surface area contributed by atoms with E-state index < -0.39 is 0 Å². The maximum absolute atomic E-state index is 11.7. The lowest BCUT2D eigenvalue weighted by atomic mass is 9.96. The van der Waals surface area contributed by atoms with Crippen molar-refractivity contribution < 1.29 is 9.53 Å². The fourth-order valence-electron chi connectivity index (χ4n) is 1.74. The zero-order valence-electron chi connectivity index (χ0n) is 10.3. The number of thiophene rings is 1. The SMILES string of the molecule is CCCCC(C)c1ccsc1C(=O)OCC. The van der Waals surface area contributed by atoms with E-state index in [0.717, 1.165) is 16.9 Å². The van der Waals surface area contributed by atoms with E-state index in [-0.39, 0.29) is 5.97 Å². The summed E-state index contributed by atoms with van der Waals surface area (Å²) in [6, 6.07) is 2.05. The van der Waals surface area contributed by atoms with Crippen molar-refractivity contribution in [1.29, 1.82) is 0 Å². The van der Waals surface area contributed by atoms with Crippen molar-refractivity contribution in [2.45, 2.75) is 46.0 Å². The molecule has 16 heavy (non-hydrogen) atoms. The number of unbranched alkanes of at least 4 members (excludes halogenated alkanes) is 1. The maximum Gasteiger partial charge on any atom is 0.348 e. The molecule has 0 N–H and O–H groups in total. The van der Waals surface area contributed by atoms with Gasteiger partial charge in [-0.15, -0.1) is 11.3 Å². The number of carbonyl (C=O) groups excluding carboxylic acids is 1. The Bertz CT molecular complexity index is 330. The molecule has 0 radical (unpaired) electrons. The number of hydrogen-bond acceptors (Lipinski definition) is 3. The van der Waals surface area contributed by atoms with Gasteiger partial charge in [-0.25, -0.2) is 4.79 Å². The van der Waals surface area contributed by atoms with E-state index in [1.54, 1.807) is 0 Å². The van der Waals surface area contributed by atoms with E-state index in [1.165, 1.54) is 24.2 Å². The van der Waals surface area contributed by atoms with Gasteiger partial charge in [0.15, 0.2) is 0 Å². The summed E-state index contributed by atoms with van der Waals surface area (Å²) in [6.07, 6.45) is 3.54. The molecule has 0 bridgehead atoms. The Balaban J connectivity index is 2.72. The molecule has 0 spiro atoms. The predicted octanol–water partition coefficient (Wildman–Crippen LogP) is 4.22. The molecular weight excluding hydrogens is 220 g/mol. The fourth-order valence-corrected chi connectivity index (χ4v) is 2.65. The van der Waals surface area contributed by atoms with Crippen molar-refractivity contribution in [2.75, 3.05) is 6.61 Å². The van der Waals surface area contributed by atoms with E-state index in [9.17, 15) is 4.79 Å². The summed E-state index contributed by atoms with van der Waals surface area (Å²) in [5, 5.41) is 1.98. The summed E-state index contributed by atoms with van der Waals surface area (Å²) in [7, 11) is 0. The smallest absolute Gasteiger partial charge is 0.348 e. The Kier molecular flexibility index (Phi) is 5.53. The van der Waals surface area contributed by atoms with Gasteiger partial charge < -0.3 is 4.74 Å². The predicted molar refractivity (Wildman–Crippen MR) is 68.2 cm³/mol. The van der Waals surface area contributed by atoms with Gasteiger partial charge in [-0.2, -0.15) is 0 Å². The van der Waals surface area contributed by atoms with Crippen LogP contribution in [-0.4, -0.2) is 12.6 Å². The van der Waals surface area contributed by atoms with Crippen LogP contribution in [0.25, 0.3) is 0 Å². The molecule has 1 rings (SSSR count). The highest BCUT2D eigenvalue weighted by Crippen LogP contribution is 2.29. The van der Waals surface area contributed by atoms with Crippen LogP contribution in [0.1, 0.15) is 61.2 Å². The molecule has 0 aliphatic carbocycles. The van der Waals surface area contributed by atoms with Gasteiger partial charge in [0.25, 0.3) is 0 Å². The first-order valence-corrected chi connectivity index (χ1v) is 6.83. The van der Waals surface area contributed by atoms with Crippen LogP contribution in [0.3, 0.4) is 0 Å². The quantitative estimate of drug-likeness (QED) is 0.696. The largest absolute Gasteiger partial charge is 0.462 e. The van der Waals surface area contributed by atoms with Crippen LogP contribution in [0, 0.1) is 0 Å². The van der Waals surface area contributed by atoms with Crippen molar-refractivity contribution in [1.82, 2.24) is 0 Å². The van der Waals surface area contributed by atoms with Crippen LogP contribution in [-0.2, 0) is 4.74 Å². The van der Waals surface area contributed by atoms with Gasteiger partial charge in [0, 0.05) is 0 Å². The Morgan fingerprint density at radius 2 is 2.25 bits per heavy atom. The first-order valence-electron chi connectivity index (χ1n) is 5.95. The number of carbonyl (C=O) groups is 1. The number of rotatable bonds is 6. The second kappa shape index (κ2) is 6.69. The summed E-state index contributed by atoms with van der Waals surface area (Å²) in [5.41, 5.74) is 1.15. The Morgan fingerprint density at radius 3 is 2.88 bits per heavy atom. The zero-order chi connectivity index (χ0) is 12.0. The van der Waals surface area contributed by atoms with Crippen LogP contribution >= 0.6 is 11.3 Å². The maximum atomic E-state index is 11.7. The summed E-state index contributed by atoms with van der Waals surface area (Å²) in [4.78, 5) is 12.5. The second-order valence-electron chi connectivity index (χ2n) is 3.97. The van der Waals surface area contributed by atoms with Gasteiger partial charge in [0.1, 0.15) is 4.88 Å². The third kappa shape index (κ3) is 3.34. The molecule has 0 fully saturated rings. The molecule has 1 unspecified atom stereocenters. The summed E-state index contributed by atoms with van der Waals surface area (Å²) in [6.45, 7) is 6.65. The Labute approximate surface area is 102 Å². The van der Waals surface area contributed by atoms with Crippen LogP contribution in [0.2, 0.25) is 0 Å². The van der Waals surface area contributed by atoms with Gasteiger partial charge in [0.05, 0.1) is 6.61 Å². The minimum atomic E-state index is -0.171. The fraction of sp³-hybridized carbons (Fsp3) is 0.615. The summed E-state index contributed by atoms with van der Waals surface area (Å²) < 4.78 is 5.05. The molecule has 0 aliphatic heterocycles. The standard InChI is InChI=1S/C13H20O2S/c1-4-6-7-10(3)11-8-9-16-12(11)13(14)15-5-2/h8-10H,4-7H2,1-3H3. The molecule has 0 aromatic carbocycles.